The van der Waals surface area contributed by atoms with Crippen LogP contribution in [0.2, 0.25) is 0 Å². The number of carbonyl (C=O) groups excluding carboxylic acids is 1. The molecule has 0 aliphatic rings. The Morgan fingerprint density at radius 2 is 1.77 bits per heavy atom. The molecule has 0 saturated heterocycles. The first-order chi connectivity index (χ1) is 12.2. The minimum absolute atomic E-state index is 0.166. The number of hydrogen-bond donors (Lipinski definition) is 2. The van der Waals surface area contributed by atoms with Gasteiger partial charge in [-0.3, -0.25) is 4.79 Å². The smallest absolute Gasteiger partial charge is 0.241 e. The zero-order chi connectivity index (χ0) is 19.3. The summed E-state index contributed by atoms with van der Waals surface area (Å²) in [6.07, 6.45) is 0.431. The molecule has 1 unspecified atom stereocenters. The Morgan fingerprint density at radius 3 is 2.31 bits per heavy atom. The first-order valence-corrected chi connectivity index (χ1v) is 10.9. The topological polar surface area (TPSA) is 75.3 Å². The SMILES string of the molecule is Cc1ccc(S(=O)(=O)NC(CC(C)C)C(=O)NCc2sccc2C)cc1. The molecule has 2 N–H and O–H groups in total. The summed E-state index contributed by atoms with van der Waals surface area (Å²) >= 11 is 1.58. The van der Waals surface area contributed by atoms with Crippen LogP contribution in [0.4, 0.5) is 0 Å². The van der Waals surface area contributed by atoms with Gasteiger partial charge in [0.15, 0.2) is 0 Å². The Labute approximate surface area is 159 Å². The molecule has 1 heterocycles. The largest absolute Gasteiger partial charge is 0.350 e. The highest BCUT2D eigenvalue weighted by molar-refractivity contribution is 7.89. The van der Waals surface area contributed by atoms with Crippen molar-refractivity contribution >= 4 is 27.3 Å². The molecule has 0 spiro atoms. The molecule has 0 aliphatic carbocycles. The van der Waals surface area contributed by atoms with E-state index in [1.807, 2.05) is 39.1 Å². The van der Waals surface area contributed by atoms with E-state index in [0.717, 1.165) is 16.0 Å². The van der Waals surface area contributed by atoms with Crippen LogP contribution in [0, 0.1) is 19.8 Å². The Balaban J connectivity index is 2.11. The van der Waals surface area contributed by atoms with Crippen molar-refractivity contribution in [1.82, 2.24) is 10.0 Å². The van der Waals surface area contributed by atoms with Crippen molar-refractivity contribution in [2.24, 2.45) is 5.92 Å². The predicted octanol–water partition coefficient (Wildman–Crippen LogP) is 3.37. The van der Waals surface area contributed by atoms with Crippen LogP contribution in [0.25, 0.3) is 0 Å². The monoisotopic (exact) mass is 394 g/mol. The first-order valence-electron chi connectivity index (χ1n) is 8.58. The highest BCUT2D eigenvalue weighted by atomic mass is 32.2. The fraction of sp³-hybridized carbons (Fsp3) is 0.421. The van der Waals surface area contributed by atoms with Gasteiger partial charge in [-0.2, -0.15) is 4.72 Å². The third-order valence-corrected chi connectivity index (χ3v) is 6.55. The van der Waals surface area contributed by atoms with E-state index in [1.165, 1.54) is 0 Å². The standard InChI is InChI=1S/C19H26N2O3S2/c1-13(2)11-17(19(22)20-12-18-15(4)9-10-25-18)21-26(23,24)16-7-5-14(3)6-8-16/h5-10,13,17,21H,11-12H2,1-4H3,(H,20,22). The van der Waals surface area contributed by atoms with E-state index in [1.54, 1.807) is 35.6 Å². The number of amides is 1. The summed E-state index contributed by atoms with van der Waals surface area (Å²) in [4.78, 5) is 13.9. The first kappa shape index (κ1) is 20.6. The zero-order valence-corrected chi connectivity index (χ0v) is 17.2. The fourth-order valence-electron chi connectivity index (χ4n) is 2.53. The lowest BCUT2D eigenvalue weighted by Gasteiger charge is -2.20. The molecule has 26 heavy (non-hydrogen) atoms. The maximum Gasteiger partial charge on any atom is 0.241 e. The van der Waals surface area contributed by atoms with Gasteiger partial charge in [0, 0.05) is 4.88 Å². The Kier molecular flexibility index (Phi) is 6.97. The van der Waals surface area contributed by atoms with E-state index in [0.29, 0.717) is 13.0 Å². The number of rotatable bonds is 8. The fourth-order valence-corrected chi connectivity index (χ4v) is 4.58. The summed E-state index contributed by atoms with van der Waals surface area (Å²) in [5.41, 5.74) is 2.10. The second-order valence-corrected chi connectivity index (χ2v) is 9.58. The molecule has 7 heteroatoms. The average Bonchev–Trinajstić information content (AvgIpc) is 2.97. The Morgan fingerprint density at radius 1 is 1.12 bits per heavy atom. The second-order valence-electron chi connectivity index (χ2n) is 6.86. The van der Waals surface area contributed by atoms with Gasteiger partial charge < -0.3 is 5.32 Å². The lowest BCUT2D eigenvalue weighted by molar-refractivity contribution is -0.123. The molecule has 0 aliphatic heterocycles. The molecular formula is C19H26N2O3S2. The third kappa shape index (κ3) is 5.65. The minimum Gasteiger partial charge on any atom is -0.350 e. The van der Waals surface area contributed by atoms with E-state index in [2.05, 4.69) is 10.0 Å². The average molecular weight is 395 g/mol. The van der Waals surface area contributed by atoms with E-state index in [9.17, 15) is 13.2 Å². The molecule has 0 fully saturated rings. The van der Waals surface area contributed by atoms with Crippen molar-refractivity contribution < 1.29 is 13.2 Å². The molecule has 1 aromatic carbocycles. The molecule has 142 valence electrons. The van der Waals surface area contributed by atoms with Crippen LogP contribution in [0.1, 0.15) is 36.3 Å². The summed E-state index contributed by atoms with van der Waals surface area (Å²) in [7, 11) is -3.76. The second kappa shape index (κ2) is 8.79. The zero-order valence-electron chi connectivity index (χ0n) is 15.6. The minimum atomic E-state index is -3.76. The van der Waals surface area contributed by atoms with Gasteiger partial charge in [-0.1, -0.05) is 31.5 Å². The van der Waals surface area contributed by atoms with Crippen LogP contribution < -0.4 is 10.0 Å². The van der Waals surface area contributed by atoms with Gasteiger partial charge in [-0.05, 0) is 55.3 Å². The summed E-state index contributed by atoms with van der Waals surface area (Å²) in [5.74, 6) is -0.128. The maximum atomic E-state index is 12.6. The van der Waals surface area contributed by atoms with Crippen LogP contribution in [0.5, 0.6) is 0 Å². The molecule has 5 nitrogen and oxygen atoms in total. The summed E-state index contributed by atoms with van der Waals surface area (Å²) in [5, 5.41) is 4.83. The number of thiophene rings is 1. The van der Waals surface area contributed by atoms with E-state index < -0.39 is 16.1 Å². The van der Waals surface area contributed by atoms with Gasteiger partial charge in [0.1, 0.15) is 6.04 Å². The highest BCUT2D eigenvalue weighted by Crippen LogP contribution is 2.16. The normalized spacial score (nSPS) is 13.0. The molecule has 1 atom stereocenters. The number of hydrogen-bond acceptors (Lipinski definition) is 4. The molecular weight excluding hydrogens is 368 g/mol. The van der Waals surface area contributed by atoms with Crippen molar-refractivity contribution in [3.8, 4) is 0 Å². The van der Waals surface area contributed by atoms with Crippen LogP contribution in [0.15, 0.2) is 40.6 Å². The number of benzene rings is 1. The lowest BCUT2D eigenvalue weighted by Crippen LogP contribution is -2.47. The molecule has 0 saturated carbocycles. The molecule has 1 amide bonds. The van der Waals surface area contributed by atoms with Gasteiger partial charge >= 0.3 is 0 Å². The summed E-state index contributed by atoms with van der Waals surface area (Å²) in [6, 6.07) is 7.78. The quantitative estimate of drug-likeness (QED) is 0.721. The number of sulfonamides is 1. The molecule has 2 rings (SSSR count). The highest BCUT2D eigenvalue weighted by Gasteiger charge is 2.26. The van der Waals surface area contributed by atoms with Gasteiger partial charge in [0.2, 0.25) is 15.9 Å². The van der Waals surface area contributed by atoms with Gasteiger partial charge in [-0.15, -0.1) is 11.3 Å². The van der Waals surface area contributed by atoms with E-state index in [-0.39, 0.29) is 16.7 Å². The predicted molar refractivity (Wildman–Crippen MR) is 106 cm³/mol. The van der Waals surface area contributed by atoms with Gasteiger partial charge in [0.05, 0.1) is 11.4 Å². The Bertz CT molecular complexity index is 840. The number of aryl methyl sites for hydroxylation is 2. The maximum absolute atomic E-state index is 12.6. The van der Waals surface area contributed by atoms with Gasteiger partial charge in [0.25, 0.3) is 0 Å². The van der Waals surface area contributed by atoms with Crippen molar-refractivity contribution in [1.29, 1.82) is 0 Å². The third-order valence-electron chi connectivity index (χ3n) is 4.04. The lowest BCUT2D eigenvalue weighted by atomic mass is 10.0. The Hall–Kier alpha value is -1.70. The van der Waals surface area contributed by atoms with Crippen molar-refractivity contribution in [3.63, 3.8) is 0 Å². The van der Waals surface area contributed by atoms with Crippen molar-refractivity contribution in [3.05, 3.63) is 51.7 Å². The molecule has 2 aromatic rings. The van der Waals surface area contributed by atoms with E-state index in [4.69, 9.17) is 0 Å². The van der Waals surface area contributed by atoms with E-state index >= 15 is 0 Å². The number of nitrogens with one attached hydrogen (secondary N) is 2. The van der Waals surface area contributed by atoms with Crippen molar-refractivity contribution in [2.75, 3.05) is 0 Å². The summed E-state index contributed by atoms with van der Waals surface area (Å²) in [6.45, 7) is 8.21. The molecule has 1 aromatic heterocycles. The molecule has 0 radical (unpaired) electrons. The van der Waals surface area contributed by atoms with Crippen LogP contribution in [-0.2, 0) is 21.4 Å². The van der Waals surface area contributed by atoms with Crippen LogP contribution in [0.3, 0.4) is 0 Å². The number of carbonyl (C=O) groups is 1. The van der Waals surface area contributed by atoms with Gasteiger partial charge in [-0.25, -0.2) is 8.42 Å². The van der Waals surface area contributed by atoms with Crippen molar-refractivity contribution in [2.45, 2.75) is 51.6 Å². The van der Waals surface area contributed by atoms with Crippen LogP contribution in [-0.4, -0.2) is 20.4 Å². The molecule has 0 bridgehead atoms. The summed E-state index contributed by atoms with van der Waals surface area (Å²) < 4.78 is 27.8. The van der Waals surface area contributed by atoms with Crippen LogP contribution >= 0.6 is 11.3 Å².